The summed E-state index contributed by atoms with van der Waals surface area (Å²) in [7, 11) is 0. The van der Waals surface area contributed by atoms with Crippen molar-refractivity contribution in [2.24, 2.45) is 5.73 Å². The highest BCUT2D eigenvalue weighted by molar-refractivity contribution is 5.72. The monoisotopic (exact) mass is 172 g/mol. The van der Waals surface area contributed by atoms with Crippen LogP contribution in [0.25, 0.3) is 0 Å². The van der Waals surface area contributed by atoms with Crippen LogP contribution in [0.1, 0.15) is 20.8 Å². The molecule has 1 unspecified atom stereocenters. The lowest BCUT2D eigenvalue weighted by molar-refractivity contribution is -0.116. The highest BCUT2D eigenvalue weighted by Crippen LogP contribution is 2.20. The summed E-state index contributed by atoms with van der Waals surface area (Å²) in [4.78, 5) is 12.5. The lowest BCUT2D eigenvalue weighted by Gasteiger charge is -2.40. The number of ether oxygens (including phenoxy) is 1. The molecule has 2 amide bonds. The molecule has 1 aliphatic rings. The fourth-order valence-corrected chi connectivity index (χ4v) is 1.62. The Morgan fingerprint density at radius 2 is 2.25 bits per heavy atom. The van der Waals surface area contributed by atoms with Crippen LogP contribution in [0.5, 0.6) is 0 Å². The molecule has 1 saturated heterocycles. The van der Waals surface area contributed by atoms with E-state index in [1.165, 1.54) is 0 Å². The van der Waals surface area contributed by atoms with E-state index in [1.54, 1.807) is 4.90 Å². The zero-order chi connectivity index (χ0) is 9.35. The third-order valence-corrected chi connectivity index (χ3v) is 1.88. The van der Waals surface area contributed by atoms with E-state index < -0.39 is 0 Å². The number of nitrogens with zero attached hydrogens (tertiary/aromatic N) is 1. The number of rotatable bonds is 0. The molecule has 12 heavy (non-hydrogen) atoms. The molecule has 4 heteroatoms. The van der Waals surface area contributed by atoms with Crippen molar-refractivity contribution < 1.29 is 9.53 Å². The third-order valence-electron chi connectivity index (χ3n) is 1.88. The molecule has 1 aliphatic heterocycles. The normalized spacial score (nSPS) is 28.6. The quantitative estimate of drug-likeness (QED) is 0.580. The van der Waals surface area contributed by atoms with Crippen LogP contribution < -0.4 is 5.73 Å². The van der Waals surface area contributed by atoms with E-state index in [1.807, 2.05) is 20.8 Å². The Hall–Kier alpha value is -0.770. The first-order chi connectivity index (χ1) is 5.41. The van der Waals surface area contributed by atoms with E-state index in [0.29, 0.717) is 13.1 Å². The summed E-state index contributed by atoms with van der Waals surface area (Å²) in [6, 6.07) is -0.363. The van der Waals surface area contributed by atoms with Crippen molar-refractivity contribution >= 4 is 6.03 Å². The van der Waals surface area contributed by atoms with Crippen molar-refractivity contribution in [2.45, 2.75) is 32.5 Å². The number of primary amides is 1. The summed E-state index contributed by atoms with van der Waals surface area (Å²) in [5, 5.41) is 0. The van der Waals surface area contributed by atoms with Crippen molar-refractivity contribution in [2.75, 3.05) is 13.1 Å². The Bertz CT molecular complexity index is 191. The van der Waals surface area contributed by atoms with Crippen molar-refractivity contribution in [3.05, 3.63) is 0 Å². The minimum atomic E-state index is -0.363. The number of hydrogen-bond acceptors (Lipinski definition) is 2. The molecule has 0 aliphatic carbocycles. The van der Waals surface area contributed by atoms with E-state index in [-0.39, 0.29) is 17.7 Å². The van der Waals surface area contributed by atoms with Gasteiger partial charge in [0, 0.05) is 6.54 Å². The molecule has 70 valence electrons. The first kappa shape index (κ1) is 9.32. The molecule has 2 N–H and O–H groups in total. The summed E-state index contributed by atoms with van der Waals surface area (Å²) < 4.78 is 5.60. The SMILES string of the molecule is CC1CN(C(N)=O)CC(C)(C)O1. The Labute approximate surface area is 72.7 Å². The summed E-state index contributed by atoms with van der Waals surface area (Å²) in [5.41, 5.74) is 4.91. The van der Waals surface area contributed by atoms with E-state index in [4.69, 9.17) is 10.5 Å². The maximum Gasteiger partial charge on any atom is 0.314 e. The van der Waals surface area contributed by atoms with Crippen LogP contribution in [0.3, 0.4) is 0 Å². The predicted octanol–water partition coefficient (Wildman–Crippen LogP) is 0.564. The molecule has 0 saturated carbocycles. The minimum absolute atomic E-state index is 0.0706. The zero-order valence-corrected chi connectivity index (χ0v) is 7.83. The smallest absolute Gasteiger partial charge is 0.314 e. The van der Waals surface area contributed by atoms with Gasteiger partial charge in [-0.05, 0) is 20.8 Å². The van der Waals surface area contributed by atoms with Gasteiger partial charge in [0.15, 0.2) is 0 Å². The molecule has 1 fully saturated rings. The van der Waals surface area contributed by atoms with Gasteiger partial charge < -0.3 is 15.4 Å². The molecule has 0 radical (unpaired) electrons. The van der Waals surface area contributed by atoms with Crippen molar-refractivity contribution in [1.29, 1.82) is 0 Å². The Kier molecular flexibility index (Phi) is 2.28. The van der Waals surface area contributed by atoms with E-state index in [0.717, 1.165) is 0 Å². The fraction of sp³-hybridized carbons (Fsp3) is 0.875. The van der Waals surface area contributed by atoms with Crippen LogP contribution in [0.15, 0.2) is 0 Å². The van der Waals surface area contributed by atoms with Gasteiger partial charge in [0.25, 0.3) is 0 Å². The van der Waals surface area contributed by atoms with Gasteiger partial charge in [-0.3, -0.25) is 0 Å². The maximum atomic E-state index is 10.9. The molecule has 4 nitrogen and oxygen atoms in total. The lowest BCUT2D eigenvalue weighted by Crippen LogP contribution is -2.55. The molecule has 0 spiro atoms. The van der Waals surface area contributed by atoms with Gasteiger partial charge in [-0.25, -0.2) is 4.79 Å². The Morgan fingerprint density at radius 3 is 2.67 bits per heavy atom. The van der Waals surface area contributed by atoms with E-state index in [2.05, 4.69) is 0 Å². The fourth-order valence-electron chi connectivity index (χ4n) is 1.62. The van der Waals surface area contributed by atoms with Crippen LogP contribution in [0.4, 0.5) is 4.79 Å². The average molecular weight is 172 g/mol. The van der Waals surface area contributed by atoms with Gasteiger partial charge in [0.1, 0.15) is 0 Å². The minimum Gasteiger partial charge on any atom is -0.369 e. The van der Waals surface area contributed by atoms with E-state index in [9.17, 15) is 4.79 Å². The number of carbonyl (C=O) groups is 1. The van der Waals surface area contributed by atoms with Gasteiger partial charge in [-0.15, -0.1) is 0 Å². The molecule has 0 aromatic carbocycles. The number of urea groups is 1. The average Bonchev–Trinajstić information content (AvgIpc) is 1.82. The number of hydrogen-bond donors (Lipinski definition) is 1. The highest BCUT2D eigenvalue weighted by atomic mass is 16.5. The molecule has 0 aromatic rings. The summed E-state index contributed by atoms with van der Waals surface area (Å²) in [6.07, 6.45) is 0.0706. The summed E-state index contributed by atoms with van der Waals surface area (Å²) in [5.74, 6) is 0. The third kappa shape index (κ3) is 2.11. The van der Waals surface area contributed by atoms with Gasteiger partial charge in [0.2, 0.25) is 0 Å². The second kappa shape index (κ2) is 2.94. The van der Waals surface area contributed by atoms with E-state index >= 15 is 0 Å². The molecule has 1 heterocycles. The zero-order valence-electron chi connectivity index (χ0n) is 7.83. The summed E-state index contributed by atoms with van der Waals surface area (Å²) in [6.45, 7) is 7.03. The van der Waals surface area contributed by atoms with Gasteiger partial charge in [-0.1, -0.05) is 0 Å². The number of morpholine rings is 1. The van der Waals surface area contributed by atoms with Crippen molar-refractivity contribution in [3.8, 4) is 0 Å². The highest BCUT2D eigenvalue weighted by Gasteiger charge is 2.32. The molecular formula is C8H16N2O2. The predicted molar refractivity (Wildman–Crippen MR) is 45.8 cm³/mol. The van der Waals surface area contributed by atoms with Crippen LogP contribution in [0, 0.1) is 0 Å². The summed E-state index contributed by atoms with van der Waals surface area (Å²) >= 11 is 0. The standard InChI is InChI=1S/C8H16N2O2/c1-6-4-10(7(9)11)5-8(2,3)12-6/h6H,4-5H2,1-3H3,(H2,9,11). The van der Waals surface area contributed by atoms with Gasteiger partial charge >= 0.3 is 6.03 Å². The molecule has 0 bridgehead atoms. The topological polar surface area (TPSA) is 55.6 Å². The molecular weight excluding hydrogens is 156 g/mol. The van der Waals surface area contributed by atoms with Crippen molar-refractivity contribution in [1.82, 2.24) is 4.90 Å². The van der Waals surface area contributed by atoms with Gasteiger partial charge in [0.05, 0.1) is 18.2 Å². The second-order valence-electron chi connectivity index (χ2n) is 3.91. The van der Waals surface area contributed by atoms with Crippen LogP contribution in [0.2, 0.25) is 0 Å². The van der Waals surface area contributed by atoms with Crippen LogP contribution in [-0.2, 0) is 4.74 Å². The number of carbonyl (C=O) groups excluding carboxylic acids is 1. The number of amides is 2. The molecule has 1 rings (SSSR count). The first-order valence-electron chi connectivity index (χ1n) is 4.13. The Morgan fingerprint density at radius 1 is 1.67 bits per heavy atom. The largest absolute Gasteiger partial charge is 0.369 e. The van der Waals surface area contributed by atoms with Crippen LogP contribution in [-0.4, -0.2) is 35.7 Å². The molecule has 1 atom stereocenters. The second-order valence-corrected chi connectivity index (χ2v) is 3.91. The Balaban J connectivity index is 2.64. The van der Waals surface area contributed by atoms with Crippen LogP contribution >= 0.6 is 0 Å². The first-order valence-corrected chi connectivity index (χ1v) is 4.13. The number of nitrogens with two attached hydrogens (primary N) is 1. The maximum absolute atomic E-state index is 10.9. The molecule has 0 aromatic heterocycles. The van der Waals surface area contributed by atoms with Gasteiger partial charge in [-0.2, -0.15) is 0 Å². The van der Waals surface area contributed by atoms with Crippen molar-refractivity contribution in [3.63, 3.8) is 0 Å². The lowest BCUT2D eigenvalue weighted by atomic mass is 10.1.